The minimum absolute atomic E-state index is 0.0625. The zero-order chi connectivity index (χ0) is 29.9. The van der Waals surface area contributed by atoms with E-state index in [1.54, 1.807) is 28.9 Å². The van der Waals surface area contributed by atoms with Crippen LogP contribution in [0.3, 0.4) is 0 Å². The van der Waals surface area contributed by atoms with Crippen molar-refractivity contribution in [2.45, 2.75) is 95.7 Å². The van der Waals surface area contributed by atoms with Gasteiger partial charge in [-0.15, -0.1) is 13.2 Å². The number of rotatable bonds is 14. The van der Waals surface area contributed by atoms with Crippen molar-refractivity contribution < 1.29 is 24.2 Å². The fraction of sp³-hybridized carbons (Fsp3) is 0.606. The molecule has 0 saturated carbocycles. The monoisotopic (exact) mass is 565 g/mol. The maximum Gasteiger partial charge on any atom is 0.248 e. The first kappa shape index (κ1) is 31.0. The highest BCUT2D eigenvalue weighted by Gasteiger charge is 2.79. The van der Waals surface area contributed by atoms with Gasteiger partial charge >= 0.3 is 0 Å². The molecular weight excluding hydrogens is 518 g/mol. The van der Waals surface area contributed by atoms with Gasteiger partial charge in [-0.3, -0.25) is 14.4 Å². The predicted octanol–water partition coefficient (Wildman–Crippen LogP) is 3.94. The normalized spacial score (nSPS) is 29.6. The van der Waals surface area contributed by atoms with Crippen molar-refractivity contribution in [2.24, 2.45) is 11.8 Å². The van der Waals surface area contributed by atoms with Crippen molar-refractivity contribution in [3.63, 3.8) is 0 Å². The molecular formula is C33H47N3O5. The predicted molar refractivity (Wildman–Crippen MR) is 159 cm³/mol. The molecule has 3 amide bonds. The first-order chi connectivity index (χ1) is 19.7. The lowest BCUT2D eigenvalue weighted by Crippen LogP contribution is -2.59. The van der Waals surface area contributed by atoms with Gasteiger partial charge in [-0.05, 0) is 45.1 Å². The average Bonchev–Trinajstić information content (AvgIpc) is 3.58. The Morgan fingerprint density at radius 2 is 1.80 bits per heavy atom. The average molecular weight is 566 g/mol. The number of carbonyl (C=O) groups excluding carboxylic acids is 3. The Morgan fingerprint density at radius 1 is 1.12 bits per heavy atom. The van der Waals surface area contributed by atoms with Crippen molar-refractivity contribution in [1.29, 1.82) is 0 Å². The number of aliphatic hydroxyl groups is 1. The van der Waals surface area contributed by atoms with Gasteiger partial charge in [-0.25, -0.2) is 0 Å². The van der Waals surface area contributed by atoms with Crippen molar-refractivity contribution in [3.05, 3.63) is 61.2 Å². The van der Waals surface area contributed by atoms with E-state index in [2.05, 4.69) is 20.1 Å². The second kappa shape index (κ2) is 12.5. The zero-order valence-corrected chi connectivity index (χ0v) is 25.1. The molecule has 3 aliphatic rings. The van der Waals surface area contributed by atoms with Crippen LogP contribution in [0.4, 0.5) is 0 Å². The number of amides is 3. The van der Waals surface area contributed by atoms with Crippen molar-refractivity contribution in [2.75, 3.05) is 19.7 Å². The number of fused-ring (bicyclic) bond motifs is 1. The fourth-order valence-corrected chi connectivity index (χ4v) is 7.62. The van der Waals surface area contributed by atoms with Gasteiger partial charge in [0, 0.05) is 25.7 Å². The van der Waals surface area contributed by atoms with Crippen LogP contribution in [0.1, 0.15) is 65.4 Å². The van der Waals surface area contributed by atoms with E-state index in [-0.39, 0.29) is 30.4 Å². The summed E-state index contributed by atoms with van der Waals surface area (Å²) in [6.45, 7) is 16.4. The van der Waals surface area contributed by atoms with Crippen LogP contribution in [0.25, 0.3) is 0 Å². The van der Waals surface area contributed by atoms with Gasteiger partial charge in [0.05, 0.1) is 30.1 Å². The summed E-state index contributed by atoms with van der Waals surface area (Å²) in [7, 11) is 0. The summed E-state index contributed by atoms with van der Waals surface area (Å²) in [6.07, 6.45) is 6.78. The quantitative estimate of drug-likeness (QED) is 0.345. The Kier molecular flexibility index (Phi) is 9.44. The maximum atomic E-state index is 14.5. The number of ether oxygens (including phenoxy) is 1. The first-order valence-corrected chi connectivity index (χ1v) is 15.1. The Bertz CT molecular complexity index is 1140. The SMILES string of the molecule is C=CCN(Cc1ccccc1)C(=O)[C@H]1[C@H]2C(=O)N([C@H](C)CO)C(C(=O)N(CC=C)C(C)CCC)C23CC[C@]1(CC)O3. The van der Waals surface area contributed by atoms with Gasteiger partial charge in [-0.1, -0.05) is 62.8 Å². The Labute approximate surface area is 245 Å². The molecule has 0 radical (unpaired) electrons. The summed E-state index contributed by atoms with van der Waals surface area (Å²) in [5.41, 5.74) is -0.983. The van der Waals surface area contributed by atoms with Gasteiger partial charge in [0.25, 0.3) is 0 Å². The molecule has 1 aromatic rings. The number of aliphatic hydroxyl groups excluding tert-OH is 1. The molecule has 7 atom stereocenters. The van der Waals surface area contributed by atoms with Crippen LogP contribution >= 0.6 is 0 Å². The number of hydrogen-bond donors (Lipinski definition) is 1. The minimum atomic E-state index is -1.13. The summed E-state index contributed by atoms with van der Waals surface area (Å²) in [5, 5.41) is 10.2. The van der Waals surface area contributed by atoms with Crippen molar-refractivity contribution >= 4 is 17.7 Å². The Hall–Kier alpha value is -2.97. The van der Waals surface area contributed by atoms with Crippen LogP contribution in [-0.2, 0) is 25.7 Å². The van der Waals surface area contributed by atoms with Gasteiger partial charge in [0.1, 0.15) is 11.6 Å². The van der Waals surface area contributed by atoms with E-state index in [1.165, 1.54) is 4.90 Å². The third-order valence-corrected chi connectivity index (χ3v) is 9.58. The molecule has 0 aliphatic carbocycles. The third kappa shape index (κ3) is 5.14. The van der Waals surface area contributed by atoms with Crippen LogP contribution in [0.5, 0.6) is 0 Å². The molecule has 2 bridgehead atoms. The molecule has 3 fully saturated rings. The molecule has 1 aromatic carbocycles. The van der Waals surface area contributed by atoms with E-state index < -0.39 is 35.1 Å². The number of hydrogen-bond acceptors (Lipinski definition) is 5. The molecule has 1 N–H and O–H groups in total. The highest BCUT2D eigenvalue weighted by Crippen LogP contribution is 2.65. The maximum absolute atomic E-state index is 14.5. The fourth-order valence-electron chi connectivity index (χ4n) is 7.62. The summed E-state index contributed by atoms with van der Waals surface area (Å²) in [6, 6.07) is 8.18. The van der Waals surface area contributed by atoms with E-state index in [9.17, 15) is 19.5 Å². The molecule has 3 heterocycles. The zero-order valence-electron chi connectivity index (χ0n) is 25.1. The van der Waals surface area contributed by atoms with E-state index in [1.807, 2.05) is 44.2 Å². The van der Waals surface area contributed by atoms with Gasteiger partial charge < -0.3 is 24.5 Å². The third-order valence-electron chi connectivity index (χ3n) is 9.58. The molecule has 8 nitrogen and oxygen atoms in total. The Morgan fingerprint density at radius 3 is 2.39 bits per heavy atom. The van der Waals surface area contributed by atoms with Crippen LogP contribution < -0.4 is 0 Å². The van der Waals surface area contributed by atoms with Crippen LogP contribution in [0.2, 0.25) is 0 Å². The number of nitrogens with zero attached hydrogens (tertiary/aromatic N) is 3. The summed E-state index contributed by atoms with van der Waals surface area (Å²) in [4.78, 5) is 48.5. The van der Waals surface area contributed by atoms with E-state index >= 15 is 0 Å². The lowest BCUT2D eigenvalue weighted by Gasteiger charge is -2.40. The standard InChI is InChI=1S/C33H47N3O5/c1-7-14-23(5)35(20-9-3)31(40)28-33-18-17-32(10-4,41-33)26(27(33)30(39)36(28)24(6)22-37)29(38)34(19-8-2)21-25-15-12-11-13-16-25/h8-9,11-13,15-16,23-24,26-28,37H,2-3,7,10,14,17-22H2,1,4-6H3/t23?,24-,26-,27+,28?,32+,33?/m1/s1. The summed E-state index contributed by atoms with van der Waals surface area (Å²) in [5.74, 6) is -2.17. The molecule has 4 rings (SSSR count). The summed E-state index contributed by atoms with van der Waals surface area (Å²) < 4.78 is 6.94. The first-order valence-electron chi connectivity index (χ1n) is 15.1. The molecule has 41 heavy (non-hydrogen) atoms. The molecule has 1 spiro atoms. The van der Waals surface area contributed by atoms with Gasteiger partial charge in [-0.2, -0.15) is 0 Å². The van der Waals surface area contributed by atoms with E-state index in [0.717, 1.165) is 18.4 Å². The second-order valence-electron chi connectivity index (χ2n) is 12.0. The lowest BCUT2D eigenvalue weighted by molar-refractivity contribution is -0.158. The number of benzene rings is 1. The van der Waals surface area contributed by atoms with Gasteiger partial charge in [0.2, 0.25) is 17.7 Å². The molecule has 3 aliphatic heterocycles. The Balaban J connectivity index is 1.80. The molecule has 8 heteroatoms. The highest BCUT2D eigenvalue weighted by atomic mass is 16.5. The van der Waals surface area contributed by atoms with E-state index in [4.69, 9.17) is 4.74 Å². The number of carbonyl (C=O) groups is 3. The molecule has 3 unspecified atom stereocenters. The van der Waals surface area contributed by atoms with Crippen molar-refractivity contribution in [1.82, 2.24) is 14.7 Å². The van der Waals surface area contributed by atoms with E-state index in [0.29, 0.717) is 38.9 Å². The van der Waals surface area contributed by atoms with Crippen molar-refractivity contribution in [3.8, 4) is 0 Å². The smallest absolute Gasteiger partial charge is 0.248 e. The summed E-state index contributed by atoms with van der Waals surface area (Å²) >= 11 is 0. The topological polar surface area (TPSA) is 90.4 Å². The number of likely N-dealkylation sites (tertiary alicyclic amines) is 1. The second-order valence-corrected chi connectivity index (χ2v) is 12.0. The highest BCUT2D eigenvalue weighted by molar-refractivity contribution is 5.99. The van der Waals surface area contributed by atoms with Crippen LogP contribution in [-0.4, -0.2) is 86.6 Å². The largest absolute Gasteiger partial charge is 0.394 e. The van der Waals surface area contributed by atoms with Gasteiger partial charge in [0.15, 0.2) is 0 Å². The minimum Gasteiger partial charge on any atom is -0.394 e. The molecule has 224 valence electrons. The van der Waals surface area contributed by atoms with Crippen LogP contribution in [0.15, 0.2) is 55.6 Å². The lowest BCUT2D eigenvalue weighted by atomic mass is 9.64. The molecule has 0 aromatic heterocycles. The van der Waals surface area contributed by atoms with Crippen LogP contribution in [0, 0.1) is 11.8 Å². The molecule has 3 saturated heterocycles.